The van der Waals surface area contributed by atoms with E-state index >= 15 is 0 Å². The smallest absolute Gasteiger partial charge is 0.123 e. The molecule has 0 spiro atoms. The molecular weight excluding hydrogens is 273 g/mol. The van der Waals surface area contributed by atoms with Crippen LogP contribution in [0.5, 0.6) is 0 Å². The molecule has 0 bridgehead atoms. The van der Waals surface area contributed by atoms with Gasteiger partial charge < -0.3 is 4.90 Å². The van der Waals surface area contributed by atoms with Crippen LogP contribution in [0.4, 0.5) is 10.1 Å². The van der Waals surface area contributed by atoms with Crippen LogP contribution >= 0.6 is 11.6 Å². The fourth-order valence-corrected chi connectivity index (χ4v) is 3.09. The first kappa shape index (κ1) is 13.4. The zero-order chi connectivity index (χ0) is 13.9. The number of hydrogen-bond acceptors (Lipinski definition) is 1. The molecule has 2 aromatic rings. The molecule has 1 aliphatic rings. The van der Waals surface area contributed by atoms with E-state index in [-0.39, 0.29) is 5.82 Å². The lowest BCUT2D eigenvalue weighted by molar-refractivity contribution is 0.625. The Morgan fingerprint density at radius 1 is 1.10 bits per heavy atom. The molecule has 0 atom stereocenters. The van der Waals surface area contributed by atoms with Crippen LogP contribution in [0.2, 0.25) is 0 Å². The minimum absolute atomic E-state index is 0.223. The van der Waals surface area contributed by atoms with Crippen molar-refractivity contribution in [3.63, 3.8) is 0 Å². The van der Waals surface area contributed by atoms with Gasteiger partial charge in [-0.1, -0.05) is 24.3 Å². The molecule has 1 aliphatic heterocycles. The van der Waals surface area contributed by atoms with Crippen LogP contribution in [0, 0.1) is 5.82 Å². The van der Waals surface area contributed by atoms with Crippen LogP contribution in [0.3, 0.4) is 0 Å². The maximum atomic E-state index is 13.3. The first-order valence-electron chi connectivity index (χ1n) is 6.94. The standard InChI is InChI=1S/C17H17ClFN/c18-11-15-10-16(19)7-8-17(15)20-9-3-6-13-4-1-2-5-14(13)12-20/h1-2,4-5,7-8,10H,3,6,9,11-12H2. The van der Waals surface area contributed by atoms with E-state index in [0.29, 0.717) is 5.88 Å². The highest BCUT2D eigenvalue weighted by molar-refractivity contribution is 6.17. The van der Waals surface area contributed by atoms with Gasteiger partial charge in [-0.15, -0.1) is 11.6 Å². The topological polar surface area (TPSA) is 3.24 Å². The highest BCUT2D eigenvalue weighted by Crippen LogP contribution is 2.28. The number of benzene rings is 2. The number of fused-ring (bicyclic) bond motifs is 1. The minimum Gasteiger partial charge on any atom is -0.367 e. The molecule has 3 heteroatoms. The molecule has 0 fully saturated rings. The second-order valence-electron chi connectivity index (χ2n) is 5.20. The van der Waals surface area contributed by atoms with Crippen molar-refractivity contribution in [3.05, 3.63) is 65.0 Å². The average molecular weight is 290 g/mol. The molecule has 0 saturated carbocycles. The van der Waals surface area contributed by atoms with Gasteiger partial charge in [0.05, 0.1) is 0 Å². The molecule has 104 valence electrons. The normalized spacial score (nSPS) is 14.8. The lowest BCUT2D eigenvalue weighted by atomic mass is 10.0. The molecule has 0 unspecified atom stereocenters. The average Bonchev–Trinajstić information content (AvgIpc) is 2.69. The third-order valence-corrected chi connectivity index (χ3v) is 4.17. The van der Waals surface area contributed by atoms with Gasteiger partial charge in [-0.2, -0.15) is 0 Å². The predicted molar refractivity (Wildman–Crippen MR) is 81.8 cm³/mol. The van der Waals surface area contributed by atoms with Gasteiger partial charge in [0, 0.05) is 24.7 Å². The molecular formula is C17H17ClFN. The van der Waals surface area contributed by atoms with E-state index in [9.17, 15) is 4.39 Å². The number of hydrogen-bond donors (Lipinski definition) is 0. The molecule has 0 aromatic heterocycles. The van der Waals surface area contributed by atoms with E-state index in [1.165, 1.54) is 17.2 Å². The van der Waals surface area contributed by atoms with Crippen molar-refractivity contribution >= 4 is 17.3 Å². The first-order chi connectivity index (χ1) is 9.78. The quantitative estimate of drug-likeness (QED) is 0.735. The van der Waals surface area contributed by atoms with Gasteiger partial charge in [-0.25, -0.2) is 4.39 Å². The number of alkyl halides is 1. The van der Waals surface area contributed by atoms with Crippen LogP contribution in [0.1, 0.15) is 23.1 Å². The summed E-state index contributed by atoms with van der Waals surface area (Å²) < 4.78 is 13.3. The lowest BCUT2D eigenvalue weighted by Crippen LogP contribution is -2.23. The van der Waals surface area contributed by atoms with E-state index < -0.39 is 0 Å². The molecule has 0 amide bonds. The fraction of sp³-hybridized carbons (Fsp3) is 0.294. The number of rotatable bonds is 2. The first-order valence-corrected chi connectivity index (χ1v) is 7.47. The van der Waals surface area contributed by atoms with Crippen LogP contribution < -0.4 is 4.90 Å². The molecule has 0 saturated heterocycles. The molecule has 20 heavy (non-hydrogen) atoms. The molecule has 1 heterocycles. The third kappa shape index (κ3) is 2.66. The number of halogens is 2. The second-order valence-corrected chi connectivity index (χ2v) is 5.47. The summed E-state index contributed by atoms with van der Waals surface area (Å²) in [7, 11) is 0. The van der Waals surface area contributed by atoms with Crippen molar-refractivity contribution in [2.24, 2.45) is 0 Å². The van der Waals surface area contributed by atoms with Crippen LogP contribution in [-0.2, 0) is 18.8 Å². The van der Waals surface area contributed by atoms with Gasteiger partial charge in [0.15, 0.2) is 0 Å². The van der Waals surface area contributed by atoms with Gasteiger partial charge in [-0.05, 0) is 47.7 Å². The summed E-state index contributed by atoms with van der Waals surface area (Å²) in [5, 5.41) is 0. The molecule has 0 N–H and O–H groups in total. The zero-order valence-corrected chi connectivity index (χ0v) is 12.0. The van der Waals surface area contributed by atoms with Crippen molar-refractivity contribution < 1.29 is 4.39 Å². The Hall–Kier alpha value is -1.54. The molecule has 1 nitrogen and oxygen atoms in total. The highest BCUT2D eigenvalue weighted by atomic mass is 35.5. The monoisotopic (exact) mass is 289 g/mol. The summed E-state index contributed by atoms with van der Waals surface area (Å²) in [6.45, 7) is 1.84. The van der Waals surface area contributed by atoms with Gasteiger partial charge in [0.1, 0.15) is 5.82 Å². The number of nitrogens with zero attached hydrogens (tertiary/aromatic N) is 1. The summed E-state index contributed by atoms with van der Waals surface area (Å²) in [6.07, 6.45) is 2.21. The van der Waals surface area contributed by atoms with Crippen LogP contribution in [0.25, 0.3) is 0 Å². The van der Waals surface area contributed by atoms with Gasteiger partial charge in [0.25, 0.3) is 0 Å². The summed E-state index contributed by atoms with van der Waals surface area (Å²) in [4.78, 5) is 2.31. The van der Waals surface area contributed by atoms with Gasteiger partial charge >= 0.3 is 0 Å². The van der Waals surface area contributed by atoms with Crippen LogP contribution in [0.15, 0.2) is 42.5 Å². The maximum absolute atomic E-state index is 13.3. The minimum atomic E-state index is -0.223. The Balaban J connectivity index is 1.95. The third-order valence-electron chi connectivity index (χ3n) is 3.88. The van der Waals surface area contributed by atoms with Gasteiger partial charge in [-0.3, -0.25) is 0 Å². The number of anilines is 1. The summed E-state index contributed by atoms with van der Waals surface area (Å²) in [6, 6.07) is 13.5. The van der Waals surface area contributed by atoms with E-state index in [1.807, 2.05) is 6.07 Å². The van der Waals surface area contributed by atoms with Crippen molar-refractivity contribution in [1.29, 1.82) is 0 Å². The van der Waals surface area contributed by atoms with Crippen molar-refractivity contribution in [1.82, 2.24) is 0 Å². The summed E-state index contributed by atoms with van der Waals surface area (Å²) >= 11 is 5.97. The van der Waals surface area contributed by atoms with E-state index in [4.69, 9.17) is 11.6 Å². The molecule has 3 rings (SSSR count). The van der Waals surface area contributed by atoms with Gasteiger partial charge in [0.2, 0.25) is 0 Å². The Bertz CT molecular complexity index is 612. The second kappa shape index (κ2) is 5.84. The van der Waals surface area contributed by atoms with Crippen LogP contribution in [-0.4, -0.2) is 6.54 Å². The molecule has 0 radical (unpaired) electrons. The van der Waals surface area contributed by atoms with Crippen molar-refractivity contribution in [3.8, 4) is 0 Å². The lowest BCUT2D eigenvalue weighted by Gasteiger charge is -2.25. The van der Waals surface area contributed by atoms with E-state index in [0.717, 1.165) is 37.2 Å². The zero-order valence-electron chi connectivity index (χ0n) is 11.3. The van der Waals surface area contributed by atoms with E-state index in [2.05, 4.69) is 29.2 Å². The maximum Gasteiger partial charge on any atom is 0.123 e. The number of aryl methyl sites for hydroxylation is 1. The highest BCUT2D eigenvalue weighted by Gasteiger charge is 2.17. The Morgan fingerprint density at radius 2 is 1.90 bits per heavy atom. The Labute approximate surface area is 124 Å². The summed E-state index contributed by atoms with van der Waals surface area (Å²) in [5.41, 5.74) is 4.70. The Morgan fingerprint density at radius 3 is 2.70 bits per heavy atom. The molecule has 2 aromatic carbocycles. The largest absolute Gasteiger partial charge is 0.367 e. The van der Waals surface area contributed by atoms with Crippen molar-refractivity contribution in [2.45, 2.75) is 25.3 Å². The molecule has 0 aliphatic carbocycles. The Kier molecular flexibility index (Phi) is 3.93. The van der Waals surface area contributed by atoms with E-state index in [1.54, 1.807) is 6.07 Å². The SMILES string of the molecule is Fc1ccc(N2CCCc3ccccc3C2)c(CCl)c1. The fourth-order valence-electron chi connectivity index (χ4n) is 2.88. The predicted octanol–water partition coefficient (Wildman–Crippen LogP) is 4.52. The van der Waals surface area contributed by atoms with Crippen molar-refractivity contribution in [2.75, 3.05) is 11.4 Å². The summed E-state index contributed by atoms with van der Waals surface area (Å²) in [5.74, 6) is 0.116.